The van der Waals surface area contributed by atoms with Gasteiger partial charge in [0.15, 0.2) is 11.6 Å². The Morgan fingerprint density at radius 3 is 2.00 bits per heavy atom. The Labute approximate surface area is 256 Å². The van der Waals surface area contributed by atoms with Crippen LogP contribution in [0.1, 0.15) is 109 Å². The predicted octanol–water partition coefficient (Wildman–Crippen LogP) is 12.4. The van der Waals surface area contributed by atoms with Crippen molar-refractivity contribution in [2.45, 2.75) is 103 Å². The van der Waals surface area contributed by atoms with Crippen molar-refractivity contribution >= 4 is 0 Å². The van der Waals surface area contributed by atoms with Crippen molar-refractivity contribution in [1.82, 2.24) is 0 Å². The number of hydrogen-bond donors (Lipinski definition) is 0. The molecule has 43 heavy (non-hydrogen) atoms. The van der Waals surface area contributed by atoms with E-state index >= 15 is 4.39 Å². The van der Waals surface area contributed by atoms with Crippen molar-refractivity contribution in [3.05, 3.63) is 90.0 Å². The summed E-state index contributed by atoms with van der Waals surface area (Å²) in [6.45, 7) is 4.21. The first-order valence-corrected chi connectivity index (χ1v) is 16.7. The van der Waals surface area contributed by atoms with Crippen LogP contribution in [-0.2, 0) is 0 Å². The normalized spacial score (nSPS) is 22.6. The van der Waals surface area contributed by atoms with Crippen LogP contribution in [0.25, 0.3) is 22.3 Å². The van der Waals surface area contributed by atoms with E-state index in [1.54, 1.807) is 24.3 Å². The van der Waals surface area contributed by atoms with Gasteiger partial charge in [-0.05, 0) is 115 Å². The molecule has 2 saturated carbocycles. The standard InChI is InChI=1S/C39H47F3O/c1-3-5-7-8-27-9-11-28(12-10-27)29-13-17-31(18-14-29)34-22-21-33(26-36(34)40)30-15-19-32(20-16-30)35-23-24-37(39(42)38(35)41)43-25-6-4-2/h6,15-16,19-29,31H,3-5,7-14,17-18H2,1-2H3. The van der Waals surface area contributed by atoms with Gasteiger partial charge < -0.3 is 4.74 Å². The largest absolute Gasteiger partial charge is 0.462 e. The quantitative estimate of drug-likeness (QED) is 0.160. The second-order valence-corrected chi connectivity index (χ2v) is 12.8. The first-order chi connectivity index (χ1) is 21.0. The summed E-state index contributed by atoms with van der Waals surface area (Å²) in [5.74, 6) is 0.679. The topological polar surface area (TPSA) is 9.23 Å². The Morgan fingerprint density at radius 2 is 1.35 bits per heavy atom. The van der Waals surface area contributed by atoms with E-state index in [1.807, 2.05) is 31.2 Å². The lowest BCUT2D eigenvalue weighted by molar-refractivity contribution is 0.155. The molecule has 2 aliphatic carbocycles. The lowest BCUT2D eigenvalue weighted by Gasteiger charge is -2.38. The van der Waals surface area contributed by atoms with Crippen molar-refractivity contribution in [3.8, 4) is 28.0 Å². The number of benzene rings is 3. The van der Waals surface area contributed by atoms with Gasteiger partial charge in [-0.1, -0.05) is 88.8 Å². The molecule has 0 spiro atoms. The fourth-order valence-electron chi connectivity index (χ4n) is 7.48. The van der Waals surface area contributed by atoms with E-state index in [0.29, 0.717) is 11.5 Å². The van der Waals surface area contributed by atoms with E-state index in [2.05, 4.69) is 6.92 Å². The zero-order valence-corrected chi connectivity index (χ0v) is 25.9. The van der Waals surface area contributed by atoms with Crippen LogP contribution in [0.4, 0.5) is 13.2 Å². The summed E-state index contributed by atoms with van der Waals surface area (Å²) in [5.41, 5.74) is 3.18. The summed E-state index contributed by atoms with van der Waals surface area (Å²) >= 11 is 0. The summed E-state index contributed by atoms with van der Waals surface area (Å²) in [7, 11) is 0. The third-order valence-electron chi connectivity index (χ3n) is 10.1. The van der Waals surface area contributed by atoms with E-state index in [9.17, 15) is 8.78 Å². The van der Waals surface area contributed by atoms with Crippen molar-refractivity contribution in [3.63, 3.8) is 0 Å². The maximum absolute atomic E-state index is 15.4. The van der Waals surface area contributed by atoms with Gasteiger partial charge in [-0.3, -0.25) is 0 Å². The van der Waals surface area contributed by atoms with Crippen molar-refractivity contribution < 1.29 is 17.9 Å². The second-order valence-electron chi connectivity index (χ2n) is 12.8. The molecule has 4 heteroatoms. The molecule has 0 aliphatic heterocycles. The third-order valence-corrected chi connectivity index (χ3v) is 10.1. The molecule has 230 valence electrons. The van der Waals surface area contributed by atoms with Gasteiger partial charge in [0.1, 0.15) is 5.82 Å². The molecule has 0 N–H and O–H groups in total. The van der Waals surface area contributed by atoms with Crippen LogP contribution in [0.15, 0.2) is 66.9 Å². The van der Waals surface area contributed by atoms with Gasteiger partial charge >= 0.3 is 0 Å². The molecule has 0 bridgehead atoms. The number of unbranched alkanes of at least 4 members (excludes halogenated alkanes) is 2. The maximum atomic E-state index is 15.4. The Balaban J connectivity index is 1.17. The molecule has 1 nitrogen and oxygen atoms in total. The smallest absolute Gasteiger partial charge is 0.201 e. The maximum Gasteiger partial charge on any atom is 0.201 e. The summed E-state index contributed by atoms with van der Waals surface area (Å²) in [6, 6.07) is 15.7. The second kappa shape index (κ2) is 15.1. The summed E-state index contributed by atoms with van der Waals surface area (Å²) in [4.78, 5) is 0. The molecule has 3 aromatic carbocycles. The molecule has 0 radical (unpaired) electrons. The monoisotopic (exact) mass is 588 g/mol. The molecule has 0 saturated heterocycles. The van der Waals surface area contributed by atoms with Crippen LogP contribution >= 0.6 is 0 Å². The summed E-state index contributed by atoms with van der Waals surface area (Å²) in [6.07, 6.45) is 19.5. The first-order valence-electron chi connectivity index (χ1n) is 16.7. The van der Waals surface area contributed by atoms with E-state index < -0.39 is 11.6 Å². The van der Waals surface area contributed by atoms with Gasteiger partial charge in [-0.15, -0.1) is 0 Å². The number of halogens is 3. The molecule has 0 amide bonds. The van der Waals surface area contributed by atoms with Crippen LogP contribution in [0, 0.1) is 35.2 Å². The third kappa shape index (κ3) is 7.75. The number of allylic oxidation sites excluding steroid dienone is 1. The number of rotatable bonds is 11. The molecular weight excluding hydrogens is 541 g/mol. The molecule has 3 aromatic rings. The predicted molar refractivity (Wildman–Crippen MR) is 172 cm³/mol. The molecule has 0 aromatic heterocycles. The van der Waals surface area contributed by atoms with Crippen LogP contribution in [0.5, 0.6) is 5.75 Å². The molecule has 2 aliphatic rings. The van der Waals surface area contributed by atoms with Crippen LogP contribution in [0.2, 0.25) is 0 Å². The zero-order chi connectivity index (χ0) is 30.2. The van der Waals surface area contributed by atoms with E-state index in [1.165, 1.54) is 82.6 Å². The summed E-state index contributed by atoms with van der Waals surface area (Å²) < 4.78 is 50.0. The molecule has 2 fully saturated rings. The highest BCUT2D eigenvalue weighted by molar-refractivity contribution is 5.71. The molecule has 0 unspecified atom stereocenters. The lowest BCUT2D eigenvalue weighted by Crippen LogP contribution is -2.25. The van der Waals surface area contributed by atoms with Gasteiger partial charge in [0.2, 0.25) is 5.82 Å². The van der Waals surface area contributed by atoms with E-state index in [-0.39, 0.29) is 17.1 Å². The molecule has 5 rings (SSSR count). The fraction of sp³-hybridized carbons (Fsp3) is 0.487. The van der Waals surface area contributed by atoms with Gasteiger partial charge in [0.25, 0.3) is 0 Å². The van der Waals surface area contributed by atoms with Crippen LogP contribution in [0.3, 0.4) is 0 Å². The van der Waals surface area contributed by atoms with Gasteiger partial charge in [-0.25, -0.2) is 8.78 Å². The minimum atomic E-state index is -1.01. The molecular formula is C39H47F3O. The fourth-order valence-corrected chi connectivity index (χ4v) is 7.48. The average Bonchev–Trinajstić information content (AvgIpc) is 3.04. The minimum Gasteiger partial charge on any atom is -0.462 e. The zero-order valence-electron chi connectivity index (χ0n) is 25.9. The van der Waals surface area contributed by atoms with Crippen LogP contribution < -0.4 is 4.74 Å². The minimum absolute atomic E-state index is 0.140. The Morgan fingerprint density at radius 1 is 0.698 bits per heavy atom. The van der Waals surface area contributed by atoms with Crippen molar-refractivity contribution in [2.75, 3.05) is 0 Å². The average molecular weight is 589 g/mol. The summed E-state index contributed by atoms with van der Waals surface area (Å²) in [5, 5.41) is 0. The molecule has 0 atom stereocenters. The Hall–Kier alpha value is -3.01. The van der Waals surface area contributed by atoms with E-state index in [4.69, 9.17) is 4.74 Å². The SMILES string of the molecule is CCC=COc1ccc(-c2ccc(-c3ccc(C4CCC(C5CCC(CCCCC)CC5)CC4)c(F)c3)cc2)c(F)c1F. The Kier molecular flexibility index (Phi) is 11.1. The van der Waals surface area contributed by atoms with Crippen molar-refractivity contribution in [1.29, 1.82) is 0 Å². The van der Waals surface area contributed by atoms with Gasteiger partial charge in [0.05, 0.1) is 6.26 Å². The Bertz CT molecular complexity index is 1350. The number of ether oxygens (including phenoxy) is 1. The van der Waals surface area contributed by atoms with Crippen molar-refractivity contribution in [2.24, 2.45) is 17.8 Å². The number of hydrogen-bond acceptors (Lipinski definition) is 1. The van der Waals surface area contributed by atoms with Gasteiger partial charge in [0, 0.05) is 5.56 Å². The first kappa shape index (κ1) is 31.4. The van der Waals surface area contributed by atoms with E-state index in [0.717, 1.165) is 53.7 Å². The highest BCUT2D eigenvalue weighted by Crippen LogP contribution is 2.45. The highest BCUT2D eigenvalue weighted by atomic mass is 19.2. The van der Waals surface area contributed by atoms with Crippen LogP contribution in [-0.4, -0.2) is 0 Å². The molecule has 0 heterocycles. The lowest BCUT2D eigenvalue weighted by atomic mass is 9.68. The highest BCUT2D eigenvalue weighted by Gasteiger charge is 2.32. The van der Waals surface area contributed by atoms with Gasteiger partial charge in [-0.2, -0.15) is 4.39 Å².